The summed E-state index contributed by atoms with van der Waals surface area (Å²) < 4.78 is 9.89. The van der Waals surface area contributed by atoms with Crippen molar-refractivity contribution in [2.75, 3.05) is 26.1 Å². The van der Waals surface area contributed by atoms with Crippen LogP contribution in [0.2, 0.25) is 0 Å². The Balaban J connectivity index is 2.58. The van der Waals surface area contributed by atoms with E-state index in [1.54, 1.807) is 7.11 Å². The van der Waals surface area contributed by atoms with Crippen LogP contribution in [0.1, 0.15) is 13.8 Å². The van der Waals surface area contributed by atoms with Gasteiger partial charge in [0.2, 0.25) is 0 Å². The second kappa shape index (κ2) is 6.89. The minimum absolute atomic E-state index is 0.142. The van der Waals surface area contributed by atoms with E-state index in [9.17, 15) is 4.79 Å². The summed E-state index contributed by atoms with van der Waals surface area (Å²) in [5, 5.41) is 3.24. The van der Waals surface area contributed by atoms with Crippen molar-refractivity contribution in [1.29, 1.82) is 0 Å². The molecule has 0 saturated heterocycles. The molecule has 1 atom stereocenters. The van der Waals surface area contributed by atoms with E-state index in [-0.39, 0.29) is 17.8 Å². The fourth-order valence-corrected chi connectivity index (χ4v) is 1.68. The Hall–Kier alpha value is -1.71. The second-order valence-electron chi connectivity index (χ2n) is 4.48. The van der Waals surface area contributed by atoms with Crippen LogP contribution in [0, 0.1) is 11.8 Å². The van der Waals surface area contributed by atoms with E-state index in [2.05, 4.69) is 5.32 Å². The summed E-state index contributed by atoms with van der Waals surface area (Å²) in [6, 6.07) is 7.61. The van der Waals surface area contributed by atoms with Crippen LogP contribution in [0.15, 0.2) is 24.3 Å². The third kappa shape index (κ3) is 3.95. The summed E-state index contributed by atoms with van der Waals surface area (Å²) >= 11 is 0. The first-order chi connectivity index (χ1) is 8.58. The minimum atomic E-state index is -0.175. The maximum atomic E-state index is 11.6. The number of hydrogen-bond donors (Lipinski definition) is 1. The summed E-state index contributed by atoms with van der Waals surface area (Å²) in [6.07, 6.45) is 0. The molecule has 0 heterocycles. The van der Waals surface area contributed by atoms with Crippen molar-refractivity contribution in [3.8, 4) is 5.75 Å². The molecule has 0 radical (unpaired) electrons. The standard InChI is InChI=1S/C14H21NO3/c1-10(2)13(14(16)18-4)9-15-11-5-7-12(17-3)8-6-11/h5-8,10,13,15H,9H2,1-4H3. The van der Waals surface area contributed by atoms with Crippen molar-refractivity contribution in [2.24, 2.45) is 11.8 Å². The van der Waals surface area contributed by atoms with Crippen molar-refractivity contribution < 1.29 is 14.3 Å². The summed E-state index contributed by atoms with van der Waals surface area (Å²) in [5.41, 5.74) is 0.963. The van der Waals surface area contributed by atoms with Crippen LogP contribution in [-0.4, -0.2) is 26.7 Å². The fraction of sp³-hybridized carbons (Fsp3) is 0.500. The number of hydrogen-bond acceptors (Lipinski definition) is 4. The van der Waals surface area contributed by atoms with Crippen LogP contribution in [0.25, 0.3) is 0 Å². The van der Waals surface area contributed by atoms with E-state index in [0.717, 1.165) is 11.4 Å². The zero-order valence-corrected chi connectivity index (χ0v) is 11.4. The zero-order chi connectivity index (χ0) is 13.5. The van der Waals surface area contributed by atoms with Gasteiger partial charge in [0.05, 0.1) is 20.1 Å². The highest BCUT2D eigenvalue weighted by Gasteiger charge is 2.22. The number of esters is 1. The van der Waals surface area contributed by atoms with Gasteiger partial charge in [0.25, 0.3) is 0 Å². The lowest BCUT2D eigenvalue weighted by Crippen LogP contribution is -2.28. The molecule has 0 aliphatic heterocycles. The first-order valence-corrected chi connectivity index (χ1v) is 6.04. The molecule has 4 heteroatoms. The van der Waals surface area contributed by atoms with Gasteiger partial charge in [0.1, 0.15) is 5.75 Å². The molecule has 0 amide bonds. The third-order valence-corrected chi connectivity index (χ3v) is 2.92. The molecule has 1 N–H and O–H groups in total. The highest BCUT2D eigenvalue weighted by Crippen LogP contribution is 2.17. The van der Waals surface area contributed by atoms with Crippen molar-refractivity contribution in [3.05, 3.63) is 24.3 Å². The van der Waals surface area contributed by atoms with Gasteiger partial charge in [-0.1, -0.05) is 13.8 Å². The molecule has 0 bridgehead atoms. The summed E-state index contributed by atoms with van der Waals surface area (Å²) in [6.45, 7) is 4.59. The molecular weight excluding hydrogens is 230 g/mol. The van der Waals surface area contributed by atoms with Crippen molar-refractivity contribution in [3.63, 3.8) is 0 Å². The molecule has 0 aliphatic carbocycles. The molecule has 18 heavy (non-hydrogen) atoms. The molecule has 1 rings (SSSR count). The van der Waals surface area contributed by atoms with E-state index >= 15 is 0 Å². The van der Waals surface area contributed by atoms with Crippen molar-refractivity contribution in [1.82, 2.24) is 0 Å². The van der Waals surface area contributed by atoms with Gasteiger partial charge in [-0.3, -0.25) is 4.79 Å². The number of anilines is 1. The quantitative estimate of drug-likeness (QED) is 0.789. The Labute approximate surface area is 108 Å². The minimum Gasteiger partial charge on any atom is -0.497 e. The molecule has 1 aromatic rings. The van der Waals surface area contributed by atoms with Gasteiger partial charge >= 0.3 is 5.97 Å². The highest BCUT2D eigenvalue weighted by molar-refractivity contribution is 5.73. The number of methoxy groups -OCH3 is 2. The molecule has 0 aromatic heterocycles. The van der Waals surface area contributed by atoms with Crippen LogP contribution in [0.4, 0.5) is 5.69 Å². The molecule has 4 nitrogen and oxygen atoms in total. The predicted octanol–water partition coefficient (Wildman–Crippen LogP) is 2.55. The van der Waals surface area contributed by atoms with Gasteiger partial charge in [-0.05, 0) is 30.2 Å². The Morgan fingerprint density at radius 3 is 2.28 bits per heavy atom. The van der Waals surface area contributed by atoms with Crippen LogP contribution < -0.4 is 10.1 Å². The summed E-state index contributed by atoms with van der Waals surface area (Å²) in [7, 11) is 3.06. The summed E-state index contributed by atoms with van der Waals surface area (Å²) in [5.74, 6) is 0.736. The van der Waals surface area contributed by atoms with Crippen LogP contribution >= 0.6 is 0 Å². The maximum Gasteiger partial charge on any atom is 0.310 e. The second-order valence-corrected chi connectivity index (χ2v) is 4.48. The molecule has 0 saturated carbocycles. The van der Waals surface area contributed by atoms with Crippen LogP contribution in [0.5, 0.6) is 5.75 Å². The van der Waals surface area contributed by atoms with Crippen molar-refractivity contribution >= 4 is 11.7 Å². The van der Waals surface area contributed by atoms with Gasteiger partial charge in [-0.2, -0.15) is 0 Å². The Bertz CT molecular complexity index is 373. The molecule has 0 spiro atoms. The maximum absolute atomic E-state index is 11.6. The van der Waals surface area contributed by atoms with E-state index in [0.29, 0.717) is 6.54 Å². The van der Waals surface area contributed by atoms with Gasteiger partial charge in [-0.15, -0.1) is 0 Å². The first kappa shape index (κ1) is 14.4. The Morgan fingerprint density at radius 2 is 1.83 bits per heavy atom. The average Bonchev–Trinajstić information content (AvgIpc) is 2.39. The number of carbonyl (C=O) groups is 1. The SMILES string of the molecule is COC(=O)C(CNc1ccc(OC)cc1)C(C)C. The van der Waals surface area contributed by atoms with Gasteiger partial charge in [0, 0.05) is 12.2 Å². The van der Waals surface area contributed by atoms with Gasteiger partial charge in [0.15, 0.2) is 0 Å². The number of ether oxygens (including phenoxy) is 2. The number of rotatable bonds is 6. The van der Waals surface area contributed by atoms with Gasteiger partial charge in [-0.25, -0.2) is 0 Å². The molecule has 1 aromatic carbocycles. The lowest BCUT2D eigenvalue weighted by atomic mass is 9.96. The molecule has 100 valence electrons. The highest BCUT2D eigenvalue weighted by atomic mass is 16.5. The van der Waals surface area contributed by atoms with E-state index in [1.165, 1.54) is 7.11 Å². The number of benzene rings is 1. The average molecular weight is 251 g/mol. The molecular formula is C14H21NO3. The van der Waals surface area contributed by atoms with Crippen LogP contribution in [0.3, 0.4) is 0 Å². The smallest absolute Gasteiger partial charge is 0.310 e. The largest absolute Gasteiger partial charge is 0.497 e. The lowest BCUT2D eigenvalue weighted by molar-refractivity contribution is -0.146. The van der Waals surface area contributed by atoms with Gasteiger partial charge < -0.3 is 14.8 Å². The Kier molecular flexibility index (Phi) is 5.49. The van der Waals surface area contributed by atoms with E-state index < -0.39 is 0 Å². The monoisotopic (exact) mass is 251 g/mol. The topological polar surface area (TPSA) is 47.6 Å². The molecule has 1 unspecified atom stereocenters. The van der Waals surface area contributed by atoms with Crippen molar-refractivity contribution in [2.45, 2.75) is 13.8 Å². The zero-order valence-electron chi connectivity index (χ0n) is 11.4. The lowest BCUT2D eigenvalue weighted by Gasteiger charge is -2.19. The number of nitrogens with one attached hydrogen (secondary N) is 1. The van der Waals surface area contributed by atoms with Crippen LogP contribution in [-0.2, 0) is 9.53 Å². The molecule has 0 fully saturated rings. The fourth-order valence-electron chi connectivity index (χ4n) is 1.68. The Morgan fingerprint density at radius 1 is 1.22 bits per heavy atom. The number of carbonyl (C=O) groups excluding carboxylic acids is 1. The third-order valence-electron chi connectivity index (χ3n) is 2.92. The predicted molar refractivity (Wildman–Crippen MR) is 71.8 cm³/mol. The first-order valence-electron chi connectivity index (χ1n) is 6.04. The normalized spacial score (nSPS) is 12.1. The summed E-state index contributed by atoms with van der Waals surface area (Å²) in [4.78, 5) is 11.6. The van der Waals surface area contributed by atoms with E-state index in [1.807, 2.05) is 38.1 Å². The molecule has 0 aliphatic rings. The van der Waals surface area contributed by atoms with E-state index in [4.69, 9.17) is 9.47 Å².